The van der Waals surface area contributed by atoms with E-state index >= 15 is 0 Å². The molecule has 0 aromatic heterocycles. The maximum atomic E-state index is 12.6. The molecule has 0 fully saturated rings. The number of nitrogens with one attached hydrogen (secondary N) is 2. The van der Waals surface area contributed by atoms with Gasteiger partial charge in [0.1, 0.15) is 5.70 Å². The van der Waals surface area contributed by atoms with Crippen molar-refractivity contribution in [2.45, 2.75) is 19.4 Å². The van der Waals surface area contributed by atoms with Crippen molar-refractivity contribution in [2.24, 2.45) is 0 Å². The van der Waals surface area contributed by atoms with Crippen molar-refractivity contribution in [2.75, 3.05) is 6.61 Å². The van der Waals surface area contributed by atoms with Crippen LogP contribution in [0.1, 0.15) is 29.3 Å². The zero-order valence-corrected chi connectivity index (χ0v) is 15.2. The lowest BCUT2D eigenvalue weighted by molar-refractivity contribution is -0.118. The summed E-state index contributed by atoms with van der Waals surface area (Å²) in [6.45, 7) is 1.75. The molecule has 2 rings (SSSR count). The Morgan fingerprint density at radius 2 is 1.77 bits per heavy atom. The van der Waals surface area contributed by atoms with Crippen LogP contribution >= 0.6 is 11.6 Å². The molecule has 5 nitrogen and oxygen atoms in total. The SMILES string of the molecule is CC(CCO)NC(=O)C(=Cc1ccc(Cl)cc1)NC(=O)c1ccccc1. The third kappa shape index (κ3) is 6.02. The zero-order chi connectivity index (χ0) is 18.9. The van der Waals surface area contributed by atoms with Crippen LogP contribution in [-0.4, -0.2) is 29.6 Å². The van der Waals surface area contributed by atoms with Crippen LogP contribution in [-0.2, 0) is 4.79 Å². The quantitative estimate of drug-likeness (QED) is 0.654. The van der Waals surface area contributed by atoms with Crippen LogP contribution in [0.15, 0.2) is 60.3 Å². The molecule has 136 valence electrons. The third-order valence-corrected chi connectivity index (χ3v) is 3.90. The molecule has 0 spiro atoms. The molecule has 3 N–H and O–H groups in total. The summed E-state index contributed by atoms with van der Waals surface area (Å²) in [6.07, 6.45) is 2.00. The fraction of sp³-hybridized carbons (Fsp3) is 0.200. The minimum Gasteiger partial charge on any atom is -0.396 e. The highest BCUT2D eigenvalue weighted by Gasteiger charge is 2.16. The largest absolute Gasteiger partial charge is 0.396 e. The van der Waals surface area contributed by atoms with E-state index < -0.39 is 5.91 Å². The lowest BCUT2D eigenvalue weighted by Crippen LogP contribution is -2.39. The van der Waals surface area contributed by atoms with E-state index in [9.17, 15) is 9.59 Å². The molecule has 2 amide bonds. The summed E-state index contributed by atoms with van der Waals surface area (Å²) in [5, 5.41) is 15.0. The average Bonchev–Trinajstić information content (AvgIpc) is 2.63. The first kappa shape index (κ1) is 19.7. The van der Waals surface area contributed by atoms with Gasteiger partial charge in [-0.2, -0.15) is 0 Å². The molecule has 0 aliphatic rings. The highest BCUT2D eigenvalue weighted by molar-refractivity contribution is 6.30. The van der Waals surface area contributed by atoms with E-state index in [0.717, 1.165) is 5.56 Å². The van der Waals surface area contributed by atoms with Gasteiger partial charge in [-0.05, 0) is 49.2 Å². The van der Waals surface area contributed by atoms with E-state index in [1.807, 2.05) is 6.07 Å². The monoisotopic (exact) mass is 372 g/mol. The van der Waals surface area contributed by atoms with Crippen LogP contribution in [0.2, 0.25) is 5.02 Å². The van der Waals surface area contributed by atoms with E-state index in [1.165, 1.54) is 0 Å². The van der Waals surface area contributed by atoms with Gasteiger partial charge in [0.15, 0.2) is 0 Å². The Morgan fingerprint density at radius 1 is 1.12 bits per heavy atom. The van der Waals surface area contributed by atoms with Gasteiger partial charge in [-0.3, -0.25) is 9.59 Å². The number of carbonyl (C=O) groups excluding carboxylic acids is 2. The van der Waals surface area contributed by atoms with Gasteiger partial charge < -0.3 is 15.7 Å². The second kappa shape index (κ2) is 9.75. The van der Waals surface area contributed by atoms with Crippen molar-refractivity contribution >= 4 is 29.5 Å². The first-order chi connectivity index (χ1) is 12.5. The van der Waals surface area contributed by atoms with Crippen molar-refractivity contribution < 1.29 is 14.7 Å². The van der Waals surface area contributed by atoms with Gasteiger partial charge in [-0.1, -0.05) is 41.9 Å². The van der Waals surface area contributed by atoms with Crippen molar-refractivity contribution in [3.63, 3.8) is 0 Å². The minimum atomic E-state index is -0.426. The van der Waals surface area contributed by atoms with E-state index in [-0.39, 0.29) is 24.3 Å². The first-order valence-electron chi connectivity index (χ1n) is 8.25. The van der Waals surface area contributed by atoms with Crippen molar-refractivity contribution in [1.82, 2.24) is 10.6 Å². The molecule has 0 saturated carbocycles. The first-order valence-corrected chi connectivity index (χ1v) is 8.63. The number of amides is 2. The summed E-state index contributed by atoms with van der Waals surface area (Å²) in [4.78, 5) is 25.0. The fourth-order valence-electron chi connectivity index (χ4n) is 2.24. The van der Waals surface area contributed by atoms with Crippen LogP contribution in [0.3, 0.4) is 0 Å². The van der Waals surface area contributed by atoms with Gasteiger partial charge in [0.05, 0.1) is 0 Å². The van der Waals surface area contributed by atoms with Gasteiger partial charge in [-0.15, -0.1) is 0 Å². The molecule has 1 atom stereocenters. The number of aliphatic hydroxyl groups is 1. The zero-order valence-electron chi connectivity index (χ0n) is 14.4. The van der Waals surface area contributed by atoms with Crippen molar-refractivity contribution in [3.05, 3.63) is 76.4 Å². The van der Waals surface area contributed by atoms with E-state index in [4.69, 9.17) is 16.7 Å². The standard InChI is InChI=1S/C20H21ClN2O3/c1-14(11-12-24)22-20(26)18(13-15-7-9-17(21)10-8-15)23-19(25)16-5-3-2-4-6-16/h2-10,13-14,24H,11-12H2,1H3,(H,22,26)(H,23,25). The molecule has 2 aromatic carbocycles. The van der Waals surface area contributed by atoms with Gasteiger partial charge >= 0.3 is 0 Å². The molecular formula is C20H21ClN2O3. The fourth-order valence-corrected chi connectivity index (χ4v) is 2.36. The van der Waals surface area contributed by atoms with E-state index in [0.29, 0.717) is 17.0 Å². The number of benzene rings is 2. The van der Waals surface area contributed by atoms with Crippen molar-refractivity contribution in [1.29, 1.82) is 0 Å². The maximum Gasteiger partial charge on any atom is 0.268 e. The highest BCUT2D eigenvalue weighted by Crippen LogP contribution is 2.13. The molecule has 0 radical (unpaired) electrons. The minimum absolute atomic E-state index is 0.0337. The number of hydrogen-bond donors (Lipinski definition) is 3. The Labute approximate surface area is 157 Å². The number of aliphatic hydroxyl groups excluding tert-OH is 1. The summed E-state index contributed by atoms with van der Waals surface area (Å²) in [5.41, 5.74) is 1.29. The second-order valence-electron chi connectivity index (χ2n) is 5.82. The summed E-state index contributed by atoms with van der Waals surface area (Å²) in [7, 11) is 0. The Hall–Kier alpha value is -2.63. The van der Waals surface area contributed by atoms with Crippen molar-refractivity contribution in [3.8, 4) is 0 Å². The number of halogens is 1. The predicted molar refractivity (Wildman–Crippen MR) is 103 cm³/mol. The van der Waals surface area contributed by atoms with E-state index in [1.54, 1.807) is 61.5 Å². The number of rotatable bonds is 7. The Kier molecular flexibility index (Phi) is 7.38. The van der Waals surface area contributed by atoms with Crippen LogP contribution < -0.4 is 10.6 Å². The predicted octanol–water partition coefficient (Wildman–Crippen LogP) is 3.00. The molecule has 26 heavy (non-hydrogen) atoms. The third-order valence-electron chi connectivity index (χ3n) is 3.65. The molecular weight excluding hydrogens is 352 g/mol. The molecule has 1 unspecified atom stereocenters. The summed E-state index contributed by atoms with van der Waals surface area (Å²) in [6, 6.07) is 15.3. The van der Waals surface area contributed by atoms with Crippen LogP contribution in [0, 0.1) is 0 Å². The highest BCUT2D eigenvalue weighted by atomic mass is 35.5. The molecule has 0 aliphatic heterocycles. The van der Waals surface area contributed by atoms with Gasteiger partial charge in [-0.25, -0.2) is 0 Å². The molecule has 6 heteroatoms. The normalized spacial score (nSPS) is 12.3. The maximum absolute atomic E-state index is 12.6. The van der Waals surface area contributed by atoms with Gasteiger partial charge in [0.25, 0.3) is 11.8 Å². The second-order valence-corrected chi connectivity index (χ2v) is 6.25. The van der Waals surface area contributed by atoms with Crippen LogP contribution in [0.25, 0.3) is 6.08 Å². The topological polar surface area (TPSA) is 78.4 Å². The Bertz CT molecular complexity index is 773. The molecule has 2 aromatic rings. The summed E-state index contributed by atoms with van der Waals surface area (Å²) in [5.74, 6) is -0.805. The number of carbonyl (C=O) groups is 2. The molecule has 0 bridgehead atoms. The summed E-state index contributed by atoms with van der Waals surface area (Å²) < 4.78 is 0. The van der Waals surface area contributed by atoms with Gasteiger partial charge in [0.2, 0.25) is 0 Å². The lowest BCUT2D eigenvalue weighted by atomic mass is 10.1. The van der Waals surface area contributed by atoms with Gasteiger partial charge in [0, 0.05) is 23.2 Å². The molecule has 0 aliphatic carbocycles. The lowest BCUT2D eigenvalue weighted by Gasteiger charge is -2.15. The van der Waals surface area contributed by atoms with Crippen LogP contribution in [0.5, 0.6) is 0 Å². The molecule has 0 heterocycles. The average molecular weight is 373 g/mol. The summed E-state index contributed by atoms with van der Waals surface area (Å²) >= 11 is 5.89. The smallest absolute Gasteiger partial charge is 0.268 e. The Balaban J connectivity index is 2.24. The van der Waals surface area contributed by atoms with Crippen LogP contribution in [0.4, 0.5) is 0 Å². The van der Waals surface area contributed by atoms with E-state index in [2.05, 4.69) is 10.6 Å². The molecule has 0 saturated heterocycles. The Morgan fingerprint density at radius 3 is 2.38 bits per heavy atom. The number of hydrogen-bond acceptors (Lipinski definition) is 3.